The van der Waals surface area contributed by atoms with Crippen molar-refractivity contribution in [2.45, 2.75) is 30.6 Å². The fourth-order valence-corrected chi connectivity index (χ4v) is 5.87. The minimum atomic E-state index is -0.457. The Bertz CT molecular complexity index is 606. The first-order valence-corrected chi connectivity index (χ1v) is 10.6. The molecule has 0 unspecified atom stereocenters. The summed E-state index contributed by atoms with van der Waals surface area (Å²) in [6.45, 7) is 4.71. The topological polar surface area (TPSA) is 55.8 Å². The highest BCUT2D eigenvalue weighted by atomic mass is 32.2. The molecular weight excluding hydrogens is 358 g/mol. The van der Waals surface area contributed by atoms with Gasteiger partial charge in [-0.15, -0.1) is 23.5 Å². The summed E-state index contributed by atoms with van der Waals surface area (Å²) >= 11 is 3.85. The normalized spacial score (nSPS) is 24.3. The first kappa shape index (κ1) is 18.6. The number of esters is 1. The molecule has 1 aromatic rings. The molecule has 0 radical (unpaired) electrons. The Balaban J connectivity index is 1.51. The van der Waals surface area contributed by atoms with Crippen molar-refractivity contribution >= 4 is 35.4 Å². The van der Waals surface area contributed by atoms with E-state index in [-0.39, 0.29) is 24.7 Å². The second-order valence-corrected chi connectivity index (χ2v) is 9.05. The fraction of sp³-hybridized carbons (Fsp3) is 0.556. The highest BCUT2D eigenvalue weighted by Crippen LogP contribution is 2.45. The lowest BCUT2D eigenvalue weighted by Crippen LogP contribution is -2.49. The zero-order chi connectivity index (χ0) is 17.8. The molecule has 0 saturated carbocycles. The van der Waals surface area contributed by atoms with Crippen LogP contribution in [0.4, 0.5) is 0 Å². The molecule has 0 aromatic heterocycles. The van der Waals surface area contributed by atoms with E-state index in [4.69, 9.17) is 9.47 Å². The summed E-state index contributed by atoms with van der Waals surface area (Å²) in [5.41, 5.74) is 1.70. The van der Waals surface area contributed by atoms with Crippen LogP contribution >= 0.6 is 23.5 Å². The number of amides is 1. The zero-order valence-corrected chi connectivity index (χ0v) is 16.1. The van der Waals surface area contributed by atoms with Gasteiger partial charge >= 0.3 is 5.97 Å². The van der Waals surface area contributed by atoms with Crippen molar-refractivity contribution in [1.29, 1.82) is 0 Å². The van der Waals surface area contributed by atoms with Gasteiger partial charge in [0.15, 0.2) is 6.61 Å². The molecule has 0 N–H and O–H groups in total. The monoisotopic (exact) mass is 381 g/mol. The van der Waals surface area contributed by atoms with E-state index in [0.717, 1.165) is 0 Å². The molecule has 136 valence electrons. The Kier molecular flexibility index (Phi) is 6.30. The summed E-state index contributed by atoms with van der Waals surface area (Å²) < 4.78 is 11.3. The van der Waals surface area contributed by atoms with E-state index >= 15 is 0 Å². The van der Waals surface area contributed by atoms with Crippen molar-refractivity contribution < 1.29 is 19.1 Å². The predicted molar refractivity (Wildman–Crippen MR) is 101 cm³/mol. The molecule has 3 rings (SSSR count). The van der Waals surface area contributed by atoms with Crippen LogP contribution in [0.2, 0.25) is 0 Å². The van der Waals surface area contributed by atoms with Gasteiger partial charge in [0.1, 0.15) is 0 Å². The Labute approximate surface area is 156 Å². The lowest BCUT2D eigenvalue weighted by molar-refractivity contribution is -0.146. The van der Waals surface area contributed by atoms with Gasteiger partial charge in [-0.25, -0.2) is 4.79 Å². The van der Waals surface area contributed by atoms with Gasteiger partial charge in [0.05, 0.1) is 22.4 Å². The summed E-state index contributed by atoms with van der Waals surface area (Å²) in [7, 11) is 0. The van der Waals surface area contributed by atoms with Crippen molar-refractivity contribution in [2.75, 3.05) is 31.2 Å². The summed E-state index contributed by atoms with van der Waals surface area (Å²) in [6.07, 6.45) is 0.00421. The number of hydrogen-bond donors (Lipinski definition) is 0. The fourth-order valence-electron chi connectivity index (χ4n) is 3.01. The third kappa shape index (κ3) is 4.92. The van der Waals surface area contributed by atoms with E-state index < -0.39 is 5.97 Å². The molecular formula is C18H23NO4S2. The van der Waals surface area contributed by atoms with E-state index in [2.05, 4.69) is 0 Å². The molecule has 5 nitrogen and oxygen atoms in total. The predicted octanol–water partition coefficient (Wildman–Crippen LogP) is 2.96. The maximum absolute atomic E-state index is 12.2. The van der Waals surface area contributed by atoms with Crippen molar-refractivity contribution in [3.05, 3.63) is 35.4 Å². The van der Waals surface area contributed by atoms with E-state index in [1.807, 2.05) is 49.5 Å². The first-order chi connectivity index (χ1) is 12.0. The van der Waals surface area contributed by atoms with Crippen LogP contribution in [0.25, 0.3) is 0 Å². The zero-order valence-electron chi connectivity index (χ0n) is 14.5. The van der Waals surface area contributed by atoms with Crippen LogP contribution in [0.15, 0.2) is 24.3 Å². The van der Waals surface area contributed by atoms with Gasteiger partial charge in [-0.1, -0.05) is 12.1 Å². The van der Waals surface area contributed by atoms with Gasteiger partial charge < -0.3 is 14.4 Å². The Hall–Kier alpha value is -1.18. The van der Waals surface area contributed by atoms with Crippen LogP contribution in [-0.4, -0.2) is 60.2 Å². The van der Waals surface area contributed by atoms with Gasteiger partial charge in [0.2, 0.25) is 0 Å². The molecule has 0 spiro atoms. The van der Waals surface area contributed by atoms with Crippen LogP contribution in [0.3, 0.4) is 0 Å². The highest BCUT2D eigenvalue weighted by molar-refractivity contribution is 8.19. The summed E-state index contributed by atoms with van der Waals surface area (Å²) in [4.78, 5) is 26.1. The van der Waals surface area contributed by atoms with Gasteiger partial charge in [0, 0.05) is 24.6 Å². The average Bonchev–Trinajstić information content (AvgIpc) is 3.13. The number of thioether (sulfide) groups is 2. The largest absolute Gasteiger partial charge is 0.452 e. The smallest absolute Gasteiger partial charge is 0.338 e. The molecule has 0 bridgehead atoms. The van der Waals surface area contributed by atoms with E-state index in [9.17, 15) is 9.59 Å². The van der Waals surface area contributed by atoms with Gasteiger partial charge in [0.25, 0.3) is 5.91 Å². The van der Waals surface area contributed by atoms with Crippen molar-refractivity contribution in [3.63, 3.8) is 0 Å². The van der Waals surface area contributed by atoms with Crippen molar-refractivity contribution in [2.24, 2.45) is 0 Å². The molecule has 1 amide bonds. The highest BCUT2D eigenvalue weighted by Gasteiger charge is 2.26. The van der Waals surface area contributed by atoms with E-state index in [0.29, 0.717) is 23.2 Å². The van der Waals surface area contributed by atoms with Crippen LogP contribution in [-0.2, 0) is 14.3 Å². The lowest BCUT2D eigenvalue weighted by atomic mass is 10.1. The molecule has 2 fully saturated rings. The number of morpholine rings is 1. The molecule has 2 aliphatic heterocycles. The number of carbonyl (C=O) groups is 2. The second-order valence-electron chi connectivity index (χ2n) is 6.33. The van der Waals surface area contributed by atoms with Gasteiger partial charge in [-0.2, -0.15) is 0 Å². The minimum absolute atomic E-state index is 0.00210. The van der Waals surface area contributed by atoms with Crippen LogP contribution < -0.4 is 0 Å². The Morgan fingerprint density at radius 1 is 1.12 bits per heavy atom. The molecule has 2 atom stereocenters. The lowest BCUT2D eigenvalue weighted by Gasteiger charge is -2.35. The molecule has 2 heterocycles. The second kappa shape index (κ2) is 8.47. The number of carbonyl (C=O) groups excluding carboxylic acids is 2. The number of benzene rings is 1. The Morgan fingerprint density at radius 3 is 2.32 bits per heavy atom. The molecule has 1 aromatic carbocycles. The van der Waals surface area contributed by atoms with Gasteiger partial charge in [-0.05, 0) is 31.5 Å². The van der Waals surface area contributed by atoms with Gasteiger partial charge in [-0.3, -0.25) is 4.79 Å². The van der Waals surface area contributed by atoms with Crippen molar-refractivity contribution in [1.82, 2.24) is 4.90 Å². The van der Waals surface area contributed by atoms with Crippen molar-refractivity contribution in [3.8, 4) is 0 Å². The summed E-state index contributed by atoms with van der Waals surface area (Å²) in [5, 5.41) is 0. The van der Waals surface area contributed by atoms with Crippen LogP contribution in [0.5, 0.6) is 0 Å². The third-order valence-electron chi connectivity index (χ3n) is 4.14. The molecule has 7 heteroatoms. The molecule has 2 saturated heterocycles. The number of hydrogen-bond acceptors (Lipinski definition) is 6. The quantitative estimate of drug-likeness (QED) is 0.748. The maximum Gasteiger partial charge on any atom is 0.338 e. The molecule has 25 heavy (non-hydrogen) atoms. The maximum atomic E-state index is 12.2. The molecule has 0 aliphatic carbocycles. The standard InChI is InChI=1S/C18H23NO4S2/c1-12-9-19(10-13(2)23-12)16(20)11-22-17(21)14-3-5-15(6-4-14)18-24-7-8-25-18/h3-6,12-13,18H,7-11H2,1-2H3/t12-,13-/m1/s1. The summed E-state index contributed by atoms with van der Waals surface area (Å²) in [5.74, 6) is 1.70. The van der Waals surface area contributed by atoms with Crippen LogP contribution in [0.1, 0.15) is 34.4 Å². The minimum Gasteiger partial charge on any atom is -0.452 e. The third-order valence-corrected chi connectivity index (χ3v) is 7.24. The summed E-state index contributed by atoms with van der Waals surface area (Å²) in [6, 6.07) is 7.50. The number of ether oxygens (including phenoxy) is 2. The van der Waals surface area contributed by atoms with E-state index in [1.165, 1.54) is 17.1 Å². The van der Waals surface area contributed by atoms with E-state index in [1.54, 1.807) is 17.0 Å². The Morgan fingerprint density at radius 2 is 1.72 bits per heavy atom. The molecule has 2 aliphatic rings. The first-order valence-electron chi connectivity index (χ1n) is 8.46. The van der Waals surface area contributed by atoms with Crippen LogP contribution in [0, 0.1) is 0 Å². The number of rotatable bonds is 4. The average molecular weight is 382 g/mol. The SMILES string of the molecule is C[C@@H]1CN(C(=O)COC(=O)c2ccc(C3SCCS3)cc2)C[C@@H](C)O1. The number of nitrogens with zero attached hydrogens (tertiary/aromatic N) is 1.